The number of amides is 1. The Morgan fingerprint density at radius 1 is 1.50 bits per heavy atom. The van der Waals surface area contributed by atoms with E-state index in [1.54, 1.807) is 11.8 Å². The Hall–Kier alpha value is -1.57. The summed E-state index contributed by atoms with van der Waals surface area (Å²) < 4.78 is 40.0. The van der Waals surface area contributed by atoms with Gasteiger partial charge in [-0.1, -0.05) is 0 Å². The van der Waals surface area contributed by atoms with Crippen molar-refractivity contribution in [1.29, 1.82) is 0 Å². The number of benzene rings is 1. The smallest absolute Gasteiger partial charge is 0.404 e. The van der Waals surface area contributed by atoms with Gasteiger partial charge >= 0.3 is 6.36 Å². The molecule has 0 radical (unpaired) electrons. The Bertz CT molecular complexity index is 480. The second-order valence-corrected chi connectivity index (χ2v) is 5.04. The molecule has 0 saturated heterocycles. The third kappa shape index (κ3) is 5.20. The molecule has 0 aliphatic carbocycles. The zero-order valence-corrected chi connectivity index (χ0v) is 11.8. The Labute approximate surface area is 118 Å². The summed E-state index contributed by atoms with van der Waals surface area (Å²) in [6, 6.07) is 3.36. The van der Waals surface area contributed by atoms with E-state index < -0.39 is 18.0 Å². The van der Waals surface area contributed by atoms with E-state index in [4.69, 9.17) is 5.73 Å². The lowest BCUT2D eigenvalue weighted by Crippen LogP contribution is -2.34. The molecule has 0 aromatic heterocycles. The average molecular weight is 308 g/mol. The lowest BCUT2D eigenvalue weighted by atomic mass is 10.1. The minimum atomic E-state index is -4.81. The van der Waals surface area contributed by atoms with Crippen LogP contribution in [0, 0.1) is 0 Å². The number of carbonyl (C=O) groups excluding carboxylic acids is 1. The Kier molecular flexibility index (Phi) is 5.55. The molecule has 1 rings (SSSR count). The van der Waals surface area contributed by atoms with E-state index >= 15 is 0 Å². The molecule has 1 atom stereocenters. The predicted octanol–water partition coefficient (Wildman–Crippen LogP) is 2.65. The molecule has 1 aromatic carbocycles. The monoisotopic (exact) mass is 308 g/mol. The van der Waals surface area contributed by atoms with Crippen LogP contribution in [0.2, 0.25) is 0 Å². The van der Waals surface area contributed by atoms with E-state index in [0.29, 0.717) is 0 Å². The first-order chi connectivity index (χ1) is 9.23. The van der Waals surface area contributed by atoms with Crippen molar-refractivity contribution in [2.24, 2.45) is 0 Å². The molecule has 0 bridgehead atoms. The molecule has 0 heterocycles. The zero-order chi connectivity index (χ0) is 15.3. The average Bonchev–Trinajstić information content (AvgIpc) is 2.30. The van der Waals surface area contributed by atoms with Gasteiger partial charge < -0.3 is 15.8 Å². The molecule has 20 heavy (non-hydrogen) atoms. The number of nitrogens with two attached hydrogens (primary N) is 1. The Morgan fingerprint density at radius 3 is 2.65 bits per heavy atom. The number of thioether (sulfide) groups is 1. The van der Waals surface area contributed by atoms with Crippen LogP contribution in [0.25, 0.3) is 0 Å². The van der Waals surface area contributed by atoms with E-state index in [1.807, 2.05) is 13.2 Å². The van der Waals surface area contributed by atoms with Crippen LogP contribution < -0.4 is 15.8 Å². The third-order valence-electron chi connectivity index (χ3n) is 2.29. The van der Waals surface area contributed by atoms with Crippen molar-refractivity contribution in [2.75, 3.05) is 17.7 Å². The molecule has 0 fully saturated rings. The number of hydrogen-bond donors (Lipinski definition) is 2. The molecular weight excluding hydrogens is 293 g/mol. The fourth-order valence-electron chi connectivity index (χ4n) is 1.51. The minimum Gasteiger partial charge on any atom is -0.404 e. The van der Waals surface area contributed by atoms with Gasteiger partial charge in [-0.15, -0.1) is 13.2 Å². The number of rotatable bonds is 5. The first-order valence-electron chi connectivity index (χ1n) is 5.68. The number of ether oxygens (including phenoxy) is 1. The topological polar surface area (TPSA) is 64.3 Å². The van der Waals surface area contributed by atoms with Crippen molar-refractivity contribution >= 4 is 23.4 Å². The normalized spacial score (nSPS) is 12.8. The summed E-state index contributed by atoms with van der Waals surface area (Å²) in [6.07, 6.45) is -2.91. The summed E-state index contributed by atoms with van der Waals surface area (Å²) in [7, 11) is 0. The molecule has 1 aromatic rings. The summed E-state index contributed by atoms with van der Waals surface area (Å²) in [5.41, 5.74) is 5.39. The fraction of sp³-hybridized carbons (Fsp3) is 0.417. The van der Waals surface area contributed by atoms with Gasteiger partial charge in [0.25, 0.3) is 5.91 Å². The fourth-order valence-corrected chi connectivity index (χ4v) is 2.09. The van der Waals surface area contributed by atoms with Crippen LogP contribution in [0.15, 0.2) is 18.2 Å². The molecule has 0 saturated carbocycles. The van der Waals surface area contributed by atoms with Crippen molar-refractivity contribution in [3.8, 4) is 5.75 Å². The quantitative estimate of drug-likeness (QED) is 0.821. The van der Waals surface area contributed by atoms with Gasteiger partial charge in [0.2, 0.25) is 0 Å². The molecular formula is C12H15F3N2O2S. The lowest BCUT2D eigenvalue weighted by Gasteiger charge is -2.14. The number of nitrogens with one attached hydrogen (secondary N) is 1. The van der Waals surface area contributed by atoms with E-state index in [1.165, 1.54) is 6.07 Å². The van der Waals surface area contributed by atoms with Gasteiger partial charge in [0, 0.05) is 17.4 Å². The molecule has 3 N–H and O–H groups in total. The molecule has 8 heteroatoms. The highest BCUT2D eigenvalue weighted by molar-refractivity contribution is 7.98. The SMILES string of the molecule is CSCC(C)NC(=O)c1ccc(OC(F)(F)F)c(N)c1. The van der Waals surface area contributed by atoms with Gasteiger partial charge in [-0.2, -0.15) is 11.8 Å². The standard InChI is InChI=1S/C12H15F3N2O2S/c1-7(6-20-2)17-11(18)8-3-4-10(9(16)5-8)19-12(13,14)15/h3-5,7H,6,16H2,1-2H3,(H,17,18). The molecule has 0 spiro atoms. The van der Waals surface area contributed by atoms with Gasteiger partial charge in [-0.25, -0.2) is 0 Å². The van der Waals surface area contributed by atoms with Gasteiger partial charge in [0.15, 0.2) is 5.75 Å². The van der Waals surface area contributed by atoms with Gasteiger partial charge in [-0.05, 0) is 31.4 Å². The third-order valence-corrected chi connectivity index (χ3v) is 3.13. The van der Waals surface area contributed by atoms with Gasteiger partial charge in [0.1, 0.15) is 0 Å². The van der Waals surface area contributed by atoms with Crippen LogP contribution in [0.5, 0.6) is 5.75 Å². The molecule has 1 unspecified atom stereocenters. The summed E-state index contributed by atoms with van der Waals surface area (Å²) in [5.74, 6) is -0.181. The highest BCUT2D eigenvalue weighted by atomic mass is 32.2. The number of carbonyl (C=O) groups is 1. The van der Waals surface area contributed by atoms with Crippen LogP contribution in [0.1, 0.15) is 17.3 Å². The van der Waals surface area contributed by atoms with Crippen molar-refractivity contribution in [1.82, 2.24) is 5.32 Å². The highest BCUT2D eigenvalue weighted by Crippen LogP contribution is 2.28. The molecule has 112 valence electrons. The zero-order valence-electron chi connectivity index (χ0n) is 11.0. The highest BCUT2D eigenvalue weighted by Gasteiger charge is 2.32. The number of alkyl halides is 3. The van der Waals surface area contributed by atoms with Crippen molar-refractivity contribution < 1.29 is 22.7 Å². The summed E-state index contributed by atoms with van der Waals surface area (Å²) in [6.45, 7) is 1.83. The van der Waals surface area contributed by atoms with E-state index in [2.05, 4.69) is 10.1 Å². The van der Waals surface area contributed by atoms with Crippen molar-refractivity contribution in [3.63, 3.8) is 0 Å². The van der Waals surface area contributed by atoms with Crippen molar-refractivity contribution in [2.45, 2.75) is 19.3 Å². The number of anilines is 1. The number of halogens is 3. The van der Waals surface area contributed by atoms with Crippen LogP contribution in [-0.4, -0.2) is 30.3 Å². The van der Waals surface area contributed by atoms with Crippen molar-refractivity contribution in [3.05, 3.63) is 23.8 Å². The van der Waals surface area contributed by atoms with E-state index in [-0.39, 0.29) is 17.3 Å². The molecule has 1 amide bonds. The lowest BCUT2D eigenvalue weighted by molar-refractivity contribution is -0.274. The summed E-state index contributed by atoms with van der Waals surface area (Å²) >= 11 is 1.57. The first kappa shape index (κ1) is 16.5. The van der Waals surface area contributed by atoms with Gasteiger partial charge in [-0.3, -0.25) is 4.79 Å². The van der Waals surface area contributed by atoms with E-state index in [0.717, 1.165) is 17.9 Å². The van der Waals surface area contributed by atoms with Crippen LogP contribution in [0.3, 0.4) is 0 Å². The number of nitrogen functional groups attached to an aromatic ring is 1. The van der Waals surface area contributed by atoms with Crippen LogP contribution in [-0.2, 0) is 0 Å². The second-order valence-electron chi connectivity index (χ2n) is 4.13. The molecule has 0 aliphatic rings. The maximum Gasteiger partial charge on any atom is 0.573 e. The maximum absolute atomic E-state index is 12.1. The van der Waals surface area contributed by atoms with Gasteiger partial charge in [0.05, 0.1) is 5.69 Å². The minimum absolute atomic E-state index is 0.0511. The molecule has 0 aliphatic heterocycles. The van der Waals surface area contributed by atoms with Crippen LogP contribution in [0.4, 0.5) is 18.9 Å². The largest absolute Gasteiger partial charge is 0.573 e. The first-order valence-corrected chi connectivity index (χ1v) is 7.07. The Morgan fingerprint density at radius 2 is 2.15 bits per heavy atom. The number of hydrogen-bond acceptors (Lipinski definition) is 4. The summed E-state index contributed by atoms with van der Waals surface area (Å²) in [5, 5.41) is 2.71. The Balaban J connectivity index is 2.79. The summed E-state index contributed by atoms with van der Waals surface area (Å²) in [4.78, 5) is 11.8. The van der Waals surface area contributed by atoms with Crippen LogP contribution >= 0.6 is 11.8 Å². The molecule has 4 nitrogen and oxygen atoms in total. The second kappa shape index (κ2) is 6.74. The maximum atomic E-state index is 12.1. The predicted molar refractivity (Wildman–Crippen MR) is 72.8 cm³/mol. The van der Waals surface area contributed by atoms with E-state index in [9.17, 15) is 18.0 Å².